The van der Waals surface area contributed by atoms with Gasteiger partial charge in [0.15, 0.2) is 0 Å². The summed E-state index contributed by atoms with van der Waals surface area (Å²) in [5, 5.41) is 1.46. The van der Waals surface area contributed by atoms with E-state index in [0.717, 1.165) is 0 Å². The van der Waals surface area contributed by atoms with Gasteiger partial charge < -0.3 is 4.57 Å². The van der Waals surface area contributed by atoms with E-state index in [0.29, 0.717) is 11.3 Å². The van der Waals surface area contributed by atoms with Crippen molar-refractivity contribution in [2.24, 2.45) is 7.05 Å². The molecule has 2 aromatic rings. The van der Waals surface area contributed by atoms with Gasteiger partial charge in [-0.05, 0) is 30.4 Å². The first-order valence-corrected chi connectivity index (χ1v) is 6.60. The highest BCUT2D eigenvalue weighted by Crippen LogP contribution is 2.46. The van der Waals surface area contributed by atoms with E-state index >= 15 is 0 Å². The Hall–Kier alpha value is -1.24. The van der Waals surface area contributed by atoms with Crippen molar-refractivity contribution in [2.45, 2.75) is 44.9 Å². The lowest BCUT2D eigenvalue weighted by molar-refractivity contribution is 0.384. The maximum absolute atomic E-state index is 2.42. The summed E-state index contributed by atoms with van der Waals surface area (Å²) in [4.78, 5) is 0. The largest absolute Gasteiger partial charge is 0.347 e. The van der Waals surface area contributed by atoms with Crippen molar-refractivity contribution in [1.29, 1.82) is 0 Å². The van der Waals surface area contributed by atoms with Crippen molar-refractivity contribution in [3.05, 3.63) is 35.5 Å². The molecule has 0 spiro atoms. The van der Waals surface area contributed by atoms with Gasteiger partial charge in [0.2, 0.25) is 0 Å². The Bertz CT molecular complexity index is 574. The fraction of sp³-hybridized carbons (Fsp3) is 0.500. The Morgan fingerprint density at radius 2 is 1.94 bits per heavy atom. The lowest BCUT2D eigenvalue weighted by atomic mass is 9.72. The number of aromatic nitrogens is 1. The molecule has 0 aliphatic heterocycles. The van der Waals surface area contributed by atoms with Crippen LogP contribution in [0.2, 0.25) is 0 Å². The van der Waals surface area contributed by atoms with E-state index < -0.39 is 0 Å². The fourth-order valence-electron chi connectivity index (χ4n) is 3.58. The summed E-state index contributed by atoms with van der Waals surface area (Å²) in [6.07, 6.45) is 2.61. The highest BCUT2D eigenvalue weighted by Gasteiger charge is 2.35. The number of aryl methyl sites for hydroxylation is 1. The fourth-order valence-corrected chi connectivity index (χ4v) is 3.58. The number of hydrogen-bond acceptors (Lipinski definition) is 0. The zero-order valence-electron chi connectivity index (χ0n) is 11.2. The molecular weight excluding hydrogens is 206 g/mol. The molecule has 17 heavy (non-hydrogen) atoms. The summed E-state index contributed by atoms with van der Waals surface area (Å²) in [5.41, 5.74) is 4.85. The molecule has 0 bridgehead atoms. The molecule has 90 valence electrons. The van der Waals surface area contributed by atoms with Gasteiger partial charge in [-0.1, -0.05) is 39.0 Å². The number of rotatable bonds is 0. The molecule has 1 nitrogen and oxygen atoms in total. The van der Waals surface area contributed by atoms with Crippen LogP contribution in [0.4, 0.5) is 0 Å². The van der Waals surface area contributed by atoms with Crippen molar-refractivity contribution in [3.8, 4) is 0 Å². The molecule has 1 aliphatic carbocycles. The monoisotopic (exact) mass is 227 g/mol. The van der Waals surface area contributed by atoms with Crippen LogP contribution in [0.3, 0.4) is 0 Å². The predicted octanol–water partition coefficient (Wildman–Crippen LogP) is 4.35. The molecule has 3 rings (SSSR count). The highest BCUT2D eigenvalue weighted by molar-refractivity contribution is 5.86. The second-order valence-electron chi connectivity index (χ2n) is 6.16. The smallest absolute Gasteiger partial charge is 0.0483 e. The van der Waals surface area contributed by atoms with Gasteiger partial charge in [0.1, 0.15) is 0 Å². The maximum Gasteiger partial charge on any atom is 0.0483 e. The van der Waals surface area contributed by atoms with Gasteiger partial charge >= 0.3 is 0 Å². The summed E-state index contributed by atoms with van der Waals surface area (Å²) in [6.45, 7) is 7.15. The third-order valence-electron chi connectivity index (χ3n) is 4.48. The van der Waals surface area contributed by atoms with E-state index in [1.807, 2.05) is 0 Å². The van der Waals surface area contributed by atoms with Crippen molar-refractivity contribution in [3.63, 3.8) is 0 Å². The summed E-state index contributed by atoms with van der Waals surface area (Å²) in [5.74, 6) is 0.698. The lowest BCUT2D eigenvalue weighted by Crippen LogP contribution is -2.27. The Morgan fingerprint density at radius 3 is 2.71 bits per heavy atom. The number of nitrogens with zero attached hydrogens (tertiary/aromatic N) is 1. The molecule has 0 saturated heterocycles. The number of fused-ring (bicyclic) bond motifs is 3. The normalized spacial score (nSPS) is 22.7. The van der Waals surface area contributed by atoms with Gasteiger partial charge in [-0.15, -0.1) is 0 Å². The first-order valence-electron chi connectivity index (χ1n) is 6.60. The van der Waals surface area contributed by atoms with Gasteiger partial charge in [-0.25, -0.2) is 0 Å². The Labute approximate surface area is 103 Å². The number of benzene rings is 1. The number of hydrogen-bond donors (Lipinski definition) is 0. The van der Waals surface area contributed by atoms with E-state index in [2.05, 4.69) is 56.7 Å². The topological polar surface area (TPSA) is 4.93 Å². The first-order chi connectivity index (χ1) is 8.02. The molecule has 0 saturated carbocycles. The molecule has 1 aromatic carbocycles. The van der Waals surface area contributed by atoms with Crippen LogP contribution in [0.15, 0.2) is 24.3 Å². The van der Waals surface area contributed by atoms with Crippen LogP contribution in [0.1, 0.15) is 50.8 Å². The minimum Gasteiger partial charge on any atom is -0.347 e. The molecule has 1 aliphatic rings. The van der Waals surface area contributed by atoms with Crippen molar-refractivity contribution < 1.29 is 0 Å². The van der Waals surface area contributed by atoms with Crippen LogP contribution < -0.4 is 0 Å². The first kappa shape index (κ1) is 10.9. The molecule has 1 heterocycles. The summed E-state index contributed by atoms with van der Waals surface area (Å²) in [7, 11) is 2.22. The summed E-state index contributed by atoms with van der Waals surface area (Å²) >= 11 is 0. The lowest BCUT2D eigenvalue weighted by Gasteiger charge is -2.34. The Kier molecular flexibility index (Phi) is 2.16. The quantitative estimate of drug-likeness (QED) is 0.630. The molecule has 1 heteroatoms. The molecule has 0 N–H and O–H groups in total. The van der Waals surface area contributed by atoms with Crippen LogP contribution in [0.5, 0.6) is 0 Å². The predicted molar refractivity (Wildman–Crippen MR) is 73.6 cm³/mol. The summed E-state index contributed by atoms with van der Waals surface area (Å²) < 4.78 is 2.42. The highest BCUT2D eigenvalue weighted by atomic mass is 15.0. The third kappa shape index (κ3) is 1.38. The molecule has 1 aromatic heterocycles. The standard InChI is InChI=1S/C16H21N/c1-11-9-10-16(2,3)15-14(11)12-7-5-6-8-13(12)17(15)4/h5-8,11H,9-10H2,1-4H3. The van der Waals surface area contributed by atoms with Crippen LogP contribution in [-0.4, -0.2) is 4.57 Å². The molecule has 0 fully saturated rings. The zero-order valence-corrected chi connectivity index (χ0v) is 11.2. The minimum atomic E-state index is 0.315. The van der Waals surface area contributed by atoms with Gasteiger partial charge in [0, 0.05) is 29.1 Å². The van der Waals surface area contributed by atoms with Crippen molar-refractivity contribution >= 4 is 10.9 Å². The molecule has 0 radical (unpaired) electrons. The number of para-hydroxylation sites is 1. The summed E-state index contributed by atoms with van der Waals surface area (Å²) in [6, 6.07) is 8.84. The second-order valence-corrected chi connectivity index (χ2v) is 6.16. The Morgan fingerprint density at radius 1 is 1.24 bits per heavy atom. The van der Waals surface area contributed by atoms with E-state index in [9.17, 15) is 0 Å². The van der Waals surface area contributed by atoms with E-state index in [1.54, 1.807) is 11.3 Å². The van der Waals surface area contributed by atoms with Gasteiger partial charge in [0.25, 0.3) is 0 Å². The van der Waals surface area contributed by atoms with Crippen LogP contribution in [-0.2, 0) is 12.5 Å². The Balaban J connectivity index is 2.44. The molecular formula is C16H21N. The molecule has 0 amide bonds. The maximum atomic E-state index is 2.42. The van der Waals surface area contributed by atoms with Gasteiger partial charge in [-0.2, -0.15) is 0 Å². The van der Waals surface area contributed by atoms with E-state index in [4.69, 9.17) is 0 Å². The van der Waals surface area contributed by atoms with Crippen LogP contribution in [0, 0.1) is 0 Å². The average Bonchev–Trinajstić information content (AvgIpc) is 2.61. The van der Waals surface area contributed by atoms with Crippen molar-refractivity contribution in [2.75, 3.05) is 0 Å². The minimum absolute atomic E-state index is 0.315. The van der Waals surface area contributed by atoms with Gasteiger partial charge in [-0.3, -0.25) is 0 Å². The second kappa shape index (κ2) is 3.38. The molecule has 1 unspecified atom stereocenters. The van der Waals surface area contributed by atoms with Crippen LogP contribution >= 0.6 is 0 Å². The SMILES string of the molecule is CC1CCC(C)(C)c2c1c1ccccc1n2C. The zero-order chi connectivity index (χ0) is 12.2. The van der Waals surface area contributed by atoms with Crippen molar-refractivity contribution in [1.82, 2.24) is 4.57 Å². The van der Waals surface area contributed by atoms with Crippen LogP contribution in [0.25, 0.3) is 10.9 Å². The average molecular weight is 227 g/mol. The van der Waals surface area contributed by atoms with Gasteiger partial charge in [0.05, 0.1) is 0 Å². The third-order valence-corrected chi connectivity index (χ3v) is 4.48. The van der Waals surface area contributed by atoms with E-state index in [1.165, 1.54) is 23.7 Å². The molecule has 1 atom stereocenters. The van der Waals surface area contributed by atoms with E-state index in [-0.39, 0.29) is 0 Å².